The fourth-order valence-electron chi connectivity index (χ4n) is 1.50. The summed E-state index contributed by atoms with van der Waals surface area (Å²) in [6.07, 6.45) is 0.205. The second kappa shape index (κ2) is 5.12. The number of hydrogen-bond acceptors (Lipinski definition) is 4. The van der Waals surface area contributed by atoms with Crippen molar-refractivity contribution in [1.82, 2.24) is 10.1 Å². The van der Waals surface area contributed by atoms with Gasteiger partial charge in [0.25, 0.3) is 0 Å². The molecule has 0 radical (unpaired) electrons. The van der Waals surface area contributed by atoms with E-state index in [1.165, 1.54) is 5.56 Å². The smallest absolute Gasteiger partial charge is 0.234 e. The Labute approximate surface area is 106 Å². The van der Waals surface area contributed by atoms with Crippen LogP contribution in [0.1, 0.15) is 25.3 Å². The molecule has 0 aliphatic rings. The predicted octanol–water partition coefficient (Wildman–Crippen LogP) is 2.81. The minimum absolute atomic E-state index is 0.0141. The van der Waals surface area contributed by atoms with Gasteiger partial charge in [-0.1, -0.05) is 48.8 Å². The zero-order valence-electron chi connectivity index (χ0n) is 10.8. The number of aromatic nitrogens is 2. The van der Waals surface area contributed by atoms with Gasteiger partial charge in [-0.3, -0.25) is 4.79 Å². The predicted molar refractivity (Wildman–Crippen MR) is 68.0 cm³/mol. The van der Waals surface area contributed by atoms with E-state index in [9.17, 15) is 4.79 Å². The number of benzene rings is 1. The first kappa shape index (κ1) is 12.5. The first-order valence-corrected chi connectivity index (χ1v) is 5.98. The Balaban J connectivity index is 2.15. The van der Waals surface area contributed by atoms with Crippen molar-refractivity contribution in [3.63, 3.8) is 0 Å². The van der Waals surface area contributed by atoms with Gasteiger partial charge in [0.05, 0.1) is 6.42 Å². The minimum Gasteiger partial charge on any atom is -0.339 e. The van der Waals surface area contributed by atoms with E-state index in [0.717, 1.165) is 5.56 Å². The van der Waals surface area contributed by atoms with Crippen LogP contribution in [0.3, 0.4) is 0 Å². The van der Waals surface area contributed by atoms with Crippen LogP contribution in [0, 0.1) is 12.8 Å². The number of carbonyl (C=O) groups excluding carboxylic acids is 1. The Morgan fingerprint density at radius 2 is 1.94 bits per heavy atom. The van der Waals surface area contributed by atoms with E-state index < -0.39 is 0 Å². The van der Waals surface area contributed by atoms with E-state index in [0.29, 0.717) is 11.7 Å². The Hall–Kier alpha value is -1.97. The molecule has 0 bridgehead atoms. The largest absolute Gasteiger partial charge is 0.339 e. The average Bonchev–Trinajstić information content (AvgIpc) is 2.78. The molecular weight excluding hydrogens is 228 g/mol. The molecule has 1 aromatic carbocycles. The summed E-state index contributed by atoms with van der Waals surface area (Å²) >= 11 is 0. The van der Waals surface area contributed by atoms with E-state index >= 15 is 0 Å². The van der Waals surface area contributed by atoms with Gasteiger partial charge in [-0.2, -0.15) is 4.98 Å². The van der Waals surface area contributed by atoms with Gasteiger partial charge in [-0.25, -0.2) is 0 Å². The maximum atomic E-state index is 11.6. The van der Waals surface area contributed by atoms with Crippen molar-refractivity contribution in [2.45, 2.75) is 27.2 Å². The third-order valence-corrected chi connectivity index (χ3v) is 2.75. The fraction of sp³-hybridized carbons (Fsp3) is 0.357. The van der Waals surface area contributed by atoms with Crippen LogP contribution >= 0.6 is 0 Å². The number of aryl methyl sites for hydroxylation is 1. The molecule has 0 aliphatic carbocycles. The van der Waals surface area contributed by atoms with Crippen molar-refractivity contribution in [2.24, 2.45) is 5.92 Å². The molecule has 0 atom stereocenters. The van der Waals surface area contributed by atoms with Gasteiger partial charge in [-0.15, -0.1) is 0 Å². The Bertz CT molecular complexity index is 541. The fourth-order valence-corrected chi connectivity index (χ4v) is 1.50. The van der Waals surface area contributed by atoms with Crippen LogP contribution in [-0.2, 0) is 11.2 Å². The van der Waals surface area contributed by atoms with Gasteiger partial charge < -0.3 is 4.52 Å². The minimum atomic E-state index is -0.0141. The summed E-state index contributed by atoms with van der Waals surface area (Å²) in [6, 6.07) is 7.86. The van der Waals surface area contributed by atoms with Gasteiger partial charge in [0.15, 0.2) is 0 Å². The van der Waals surface area contributed by atoms with Crippen LogP contribution in [0.15, 0.2) is 28.8 Å². The number of rotatable bonds is 4. The number of carbonyl (C=O) groups is 1. The van der Waals surface area contributed by atoms with Crippen molar-refractivity contribution in [1.29, 1.82) is 0 Å². The Kier molecular flexibility index (Phi) is 3.55. The molecule has 0 saturated heterocycles. The number of nitrogens with zero attached hydrogens (tertiary/aromatic N) is 2. The molecule has 2 aromatic rings. The molecule has 0 fully saturated rings. The maximum Gasteiger partial charge on any atom is 0.234 e. The third kappa shape index (κ3) is 2.83. The maximum absolute atomic E-state index is 11.6. The first-order chi connectivity index (χ1) is 8.56. The van der Waals surface area contributed by atoms with Gasteiger partial charge in [0.1, 0.15) is 5.78 Å². The first-order valence-electron chi connectivity index (χ1n) is 5.98. The molecule has 0 aliphatic heterocycles. The summed E-state index contributed by atoms with van der Waals surface area (Å²) in [7, 11) is 0. The molecule has 1 aromatic heterocycles. The summed E-state index contributed by atoms with van der Waals surface area (Å²) in [4.78, 5) is 15.8. The summed E-state index contributed by atoms with van der Waals surface area (Å²) in [5.74, 6) is 1.000. The SMILES string of the molecule is Cc1ccc(-c2noc(CC(=O)C(C)C)n2)cc1. The van der Waals surface area contributed by atoms with Gasteiger partial charge in [0.2, 0.25) is 11.7 Å². The molecule has 0 N–H and O–H groups in total. The summed E-state index contributed by atoms with van der Waals surface area (Å²) < 4.78 is 5.09. The number of Topliss-reactive ketones (excluding diaryl/α,β-unsaturated/α-hetero) is 1. The lowest BCUT2D eigenvalue weighted by Crippen LogP contribution is -2.10. The van der Waals surface area contributed by atoms with Crippen molar-refractivity contribution < 1.29 is 9.32 Å². The van der Waals surface area contributed by atoms with E-state index in [-0.39, 0.29) is 18.1 Å². The highest BCUT2D eigenvalue weighted by atomic mass is 16.5. The summed E-state index contributed by atoms with van der Waals surface area (Å²) in [5.41, 5.74) is 2.07. The van der Waals surface area contributed by atoms with Crippen LogP contribution in [-0.4, -0.2) is 15.9 Å². The molecule has 18 heavy (non-hydrogen) atoms. The van der Waals surface area contributed by atoms with E-state index in [2.05, 4.69) is 10.1 Å². The van der Waals surface area contributed by atoms with Gasteiger partial charge >= 0.3 is 0 Å². The zero-order valence-corrected chi connectivity index (χ0v) is 10.8. The zero-order chi connectivity index (χ0) is 13.1. The second-order valence-corrected chi connectivity index (χ2v) is 4.68. The molecule has 2 rings (SSSR count). The Morgan fingerprint density at radius 3 is 2.56 bits per heavy atom. The van der Waals surface area contributed by atoms with E-state index in [1.54, 1.807) is 0 Å². The standard InChI is InChI=1S/C14H16N2O2/c1-9(2)12(17)8-13-15-14(16-18-13)11-6-4-10(3)5-7-11/h4-7,9H,8H2,1-3H3. The molecule has 4 heteroatoms. The lowest BCUT2D eigenvalue weighted by atomic mass is 10.1. The molecule has 4 nitrogen and oxygen atoms in total. The van der Waals surface area contributed by atoms with Crippen LogP contribution in [0.4, 0.5) is 0 Å². The monoisotopic (exact) mass is 244 g/mol. The average molecular weight is 244 g/mol. The highest BCUT2D eigenvalue weighted by Gasteiger charge is 2.14. The highest BCUT2D eigenvalue weighted by Crippen LogP contribution is 2.16. The van der Waals surface area contributed by atoms with Gasteiger partial charge in [-0.05, 0) is 6.92 Å². The van der Waals surface area contributed by atoms with E-state index in [1.807, 2.05) is 45.0 Å². The molecule has 1 heterocycles. The normalized spacial score (nSPS) is 10.9. The highest BCUT2D eigenvalue weighted by molar-refractivity contribution is 5.81. The quantitative estimate of drug-likeness (QED) is 0.829. The lowest BCUT2D eigenvalue weighted by molar-refractivity contribution is -0.121. The second-order valence-electron chi connectivity index (χ2n) is 4.68. The van der Waals surface area contributed by atoms with Crippen molar-refractivity contribution >= 4 is 5.78 Å². The number of ketones is 1. The number of hydrogen-bond donors (Lipinski definition) is 0. The summed E-state index contributed by atoms with van der Waals surface area (Å²) in [6.45, 7) is 5.74. The van der Waals surface area contributed by atoms with Gasteiger partial charge in [0, 0.05) is 11.5 Å². The lowest BCUT2D eigenvalue weighted by Gasteiger charge is -1.98. The molecule has 0 saturated carbocycles. The van der Waals surface area contributed by atoms with Crippen LogP contribution < -0.4 is 0 Å². The molecule has 0 unspecified atom stereocenters. The molecular formula is C14H16N2O2. The van der Waals surface area contributed by atoms with Crippen LogP contribution in [0.2, 0.25) is 0 Å². The Morgan fingerprint density at radius 1 is 1.28 bits per heavy atom. The topological polar surface area (TPSA) is 56.0 Å². The van der Waals surface area contributed by atoms with Crippen LogP contribution in [0.5, 0.6) is 0 Å². The molecule has 0 amide bonds. The van der Waals surface area contributed by atoms with Crippen molar-refractivity contribution in [2.75, 3.05) is 0 Å². The molecule has 94 valence electrons. The van der Waals surface area contributed by atoms with E-state index in [4.69, 9.17) is 4.52 Å². The third-order valence-electron chi connectivity index (χ3n) is 2.75. The molecule has 0 spiro atoms. The summed E-state index contributed by atoms with van der Waals surface area (Å²) in [5, 5.41) is 3.89. The van der Waals surface area contributed by atoms with Crippen molar-refractivity contribution in [3.8, 4) is 11.4 Å². The van der Waals surface area contributed by atoms with Crippen molar-refractivity contribution in [3.05, 3.63) is 35.7 Å². The van der Waals surface area contributed by atoms with Crippen LogP contribution in [0.25, 0.3) is 11.4 Å².